The Bertz CT molecular complexity index is 101. The van der Waals surface area contributed by atoms with Crippen molar-refractivity contribution in [2.45, 2.75) is 0 Å². The number of hydrogen-bond acceptors (Lipinski definition) is 3. The molecule has 0 unspecified atom stereocenters. The molecule has 46 valence electrons. The highest BCUT2D eigenvalue weighted by atomic mass is 32.2. The van der Waals surface area contributed by atoms with Crippen LogP contribution in [0, 0.1) is 0 Å². The van der Waals surface area contributed by atoms with Crippen LogP contribution in [0.25, 0.3) is 0 Å². The van der Waals surface area contributed by atoms with Crippen molar-refractivity contribution in [2.24, 2.45) is 0 Å². The van der Waals surface area contributed by atoms with Crippen molar-refractivity contribution in [3.05, 3.63) is 24.4 Å². The second-order valence-corrected chi connectivity index (χ2v) is 2.14. The summed E-state index contributed by atoms with van der Waals surface area (Å²) in [6.07, 6.45) is 3.83. The van der Waals surface area contributed by atoms with Gasteiger partial charge in [0.15, 0.2) is 0 Å². The molecular weight excluding hydrogens is 120 g/mol. The molecule has 1 aliphatic heterocycles. The van der Waals surface area contributed by atoms with Crippen LogP contribution in [0.2, 0.25) is 0 Å². The molecule has 8 heavy (non-hydrogen) atoms. The van der Waals surface area contributed by atoms with Gasteiger partial charge in [-0.25, -0.2) is 0 Å². The first kappa shape index (κ1) is 7.59. The predicted octanol–water partition coefficient (Wildman–Crippen LogP) is 1.77. The number of hydrogen-bond donors (Lipinski definition) is 1. The molecule has 0 aromatic carbocycles. The minimum Gasteiger partial charge on any atom is -0.344 e. The Kier molecular flexibility index (Phi) is 3.39. The molecule has 0 fully saturated rings. The molecule has 1 aliphatic rings. The average Bonchev–Trinajstić information content (AvgIpc) is 2.14. The van der Waals surface area contributed by atoms with Crippen molar-refractivity contribution in [3.63, 3.8) is 0 Å². The molecule has 0 bridgehead atoms. The summed E-state index contributed by atoms with van der Waals surface area (Å²) in [6.45, 7) is 3.60. The maximum absolute atomic E-state index is 3.60. The Hall–Kier alpha value is -0.410. The third-order valence-corrected chi connectivity index (χ3v) is 1.57. The van der Waals surface area contributed by atoms with E-state index in [9.17, 15) is 0 Å². The van der Waals surface area contributed by atoms with Crippen LogP contribution in [0.15, 0.2) is 24.4 Å². The maximum Gasteiger partial charge on any atom is 0.0717 e. The van der Waals surface area contributed by atoms with Crippen molar-refractivity contribution in [1.29, 1.82) is 0 Å². The molecule has 2 nitrogen and oxygen atoms in total. The molecule has 0 amide bonds. The van der Waals surface area contributed by atoms with E-state index in [4.69, 9.17) is 0 Å². The zero-order valence-corrected chi connectivity index (χ0v) is 5.53. The van der Waals surface area contributed by atoms with Gasteiger partial charge in [0, 0.05) is 6.20 Å². The molecule has 0 atom stereocenters. The van der Waals surface area contributed by atoms with Gasteiger partial charge in [-0.2, -0.15) is 0 Å². The van der Waals surface area contributed by atoms with Gasteiger partial charge < -0.3 is 11.1 Å². The zero-order chi connectivity index (χ0) is 5.11. The summed E-state index contributed by atoms with van der Waals surface area (Å²) in [5, 5.41) is 2.06. The lowest BCUT2D eigenvalue weighted by Gasteiger charge is -2.03. The van der Waals surface area contributed by atoms with E-state index in [0.717, 1.165) is 5.88 Å². The van der Waals surface area contributed by atoms with Gasteiger partial charge in [-0.3, -0.25) is 0 Å². The molecule has 0 saturated carbocycles. The Morgan fingerprint density at radius 2 is 2.50 bits per heavy atom. The number of rotatable bonds is 1. The highest BCUT2D eigenvalue weighted by Gasteiger charge is 1.96. The van der Waals surface area contributed by atoms with Crippen LogP contribution in [0.1, 0.15) is 0 Å². The fraction of sp³-hybridized carbons (Fsp3) is 0.200. The minimum absolute atomic E-state index is 0. The van der Waals surface area contributed by atoms with Crippen molar-refractivity contribution >= 4 is 11.8 Å². The lowest BCUT2D eigenvalue weighted by molar-refractivity contribution is 0.615. The first-order valence-corrected chi connectivity index (χ1v) is 3.15. The smallest absolute Gasteiger partial charge is 0.0717 e. The molecule has 3 N–H and O–H groups in total. The summed E-state index contributed by atoms with van der Waals surface area (Å²) in [5.74, 6) is 1.03. The standard InChI is InChI=1S/C5H7NS.H3N/c1-2-6-3-4-7-5-6;/h2-4H,1,5H2;1H3. The lowest BCUT2D eigenvalue weighted by atomic mass is 10.8. The van der Waals surface area contributed by atoms with Crippen molar-refractivity contribution in [2.75, 3.05) is 5.88 Å². The number of thioether (sulfide) groups is 1. The summed E-state index contributed by atoms with van der Waals surface area (Å²) in [5.41, 5.74) is 0. The largest absolute Gasteiger partial charge is 0.344 e. The average molecular weight is 130 g/mol. The molecule has 1 rings (SSSR count). The van der Waals surface area contributed by atoms with E-state index in [-0.39, 0.29) is 6.15 Å². The van der Waals surface area contributed by atoms with Crippen molar-refractivity contribution < 1.29 is 0 Å². The fourth-order valence-electron chi connectivity index (χ4n) is 0.407. The van der Waals surface area contributed by atoms with Gasteiger partial charge in [0.05, 0.1) is 5.88 Å². The van der Waals surface area contributed by atoms with Gasteiger partial charge in [-0.05, 0) is 11.6 Å². The van der Waals surface area contributed by atoms with E-state index in [2.05, 4.69) is 12.0 Å². The van der Waals surface area contributed by atoms with Crippen LogP contribution in [0.4, 0.5) is 0 Å². The topological polar surface area (TPSA) is 38.2 Å². The quantitative estimate of drug-likeness (QED) is 0.588. The molecule has 3 heteroatoms. The van der Waals surface area contributed by atoms with Crippen molar-refractivity contribution in [1.82, 2.24) is 11.1 Å². The fourth-order valence-corrected chi connectivity index (χ4v) is 1.10. The van der Waals surface area contributed by atoms with Crippen LogP contribution in [0.3, 0.4) is 0 Å². The second-order valence-electron chi connectivity index (χ2n) is 1.28. The second kappa shape index (κ2) is 3.57. The third-order valence-electron chi connectivity index (χ3n) is 0.807. The van der Waals surface area contributed by atoms with Crippen molar-refractivity contribution in [3.8, 4) is 0 Å². The van der Waals surface area contributed by atoms with Crippen LogP contribution >= 0.6 is 11.8 Å². The van der Waals surface area contributed by atoms with E-state index < -0.39 is 0 Å². The van der Waals surface area contributed by atoms with E-state index in [1.165, 1.54) is 0 Å². The molecule has 1 heterocycles. The summed E-state index contributed by atoms with van der Waals surface area (Å²) in [6, 6.07) is 0. The Labute approximate surface area is 53.8 Å². The highest BCUT2D eigenvalue weighted by Crippen LogP contribution is 2.13. The van der Waals surface area contributed by atoms with Gasteiger partial charge in [-0.1, -0.05) is 6.58 Å². The van der Waals surface area contributed by atoms with Crippen LogP contribution in [-0.2, 0) is 0 Å². The molecular formula is C5H10N2S. The lowest BCUT2D eigenvalue weighted by Crippen LogP contribution is -2.00. The Morgan fingerprint density at radius 3 is 2.75 bits per heavy atom. The monoisotopic (exact) mass is 130 g/mol. The van der Waals surface area contributed by atoms with Gasteiger partial charge in [0.2, 0.25) is 0 Å². The summed E-state index contributed by atoms with van der Waals surface area (Å²) in [4.78, 5) is 2.03. The van der Waals surface area contributed by atoms with Crippen LogP contribution < -0.4 is 6.15 Å². The van der Waals surface area contributed by atoms with E-state index in [1.54, 1.807) is 11.8 Å². The Balaban J connectivity index is 0.000000490. The zero-order valence-electron chi connectivity index (χ0n) is 4.71. The van der Waals surface area contributed by atoms with E-state index in [0.29, 0.717) is 0 Å². The molecule has 0 aromatic rings. The SMILES string of the molecule is C=CN1C=CSC1.N. The third kappa shape index (κ3) is 1.60. The molecule has 0 aromatic heterocycles. The minimum atomic E-state index is 0. The maximum atomic E-state index is 3.60. The molecule has 0 aliphatic carbocycles. The van der Waals surface area contributed by atoms with E-state index in [1.807, 2.05) is 17.3 Å². The molecule has 0 radical (unpaired) electrons. The summed E-state index contributed by atoms with van der Waals surface area (Å²) < 4.78 is 0. The normalized spacial score (nSPS) is 15.8. The number of nitrogens with zero attached hydrogens (tertiary/aromatic N) is 1. The van der Waals surface area contributed by atoms with Gasteiger partial charge in [0.25, 0.3) is 0 Å². The molecule has 0 saturated heterocycles. The first-order chi connectivity index (χ1) is 3.43. The van der Waals surface area contributed by atoms with E-state index >= 15 is 0 Å². The van der Waals surface area contributed by atoms with Gasteiger partial charge in [0.1, 0.15) is 0 Å². The highest BCUT2D eigenvalue weighted by molar-refractivity contribution is 8.02. The predicted molar refractivity (Wildman–Crippen MR) is 38.7 cm³/mol. The van der Waals surface area contributed by atoms with Crippen LogP contribution in [-0.4, -0.2) is 10.8 Å². The summed E-state index contributed by atoms with van der Waals surface area (Å²) in [7, 11) is 0. The molecule has 0 spiro atoms. The Morgan fingerprint density at radius 1 is 1.75 bits per heavy atom. The van der Waals surface area contributed by atoms with Gasteiger partial charge >= 0.3 is 0 Å². The van der Waals surface area contributed by atoms with Gasteiger partial charge in [-0.15, -0.1) is 11.8 Å². The summed E-state index contributed by atoms with van der Waals surface area (Å²) >= 11 is 1.78. The van der Waals surface area contributed by atoms with Crippen LogP contribution in [0.5, 0.6) is 0 Å². The first-order valence-electron chi connectivity index (χ1n) is 2.10.